The van der Waals surface area contributed by atoms with Gasteiger partial charge in [0.15, 0.2) is 0 Å². The molecule has 3 nitrogen and oxygen atoms in total. The number of benzene rings is 1. The first-order valence-electron chi connectivity index (χ1n) is 6.86. The Kier molecular flexibility index (Phi) is 3.71. The summed E-state index contributed by atoms with van der Waals surface area (Å²) >= 11 is 6.11. The van der Waals surface area contributed by atoms with Gasteiger partial charge in [0.05, 0.1) is 17.3 Å². The Balaban J connectivity index is 1.89. The van der Waals surface area contributed by atoms with E-state index in [1.807, 2.05) is 12.1 Å². The minimum Gasteiger partial charge on any atom is -0.293 e. The highest BCUT2D eigenvalue weighted by atomic mass is 35.5. The summed E-state index contributed by atoms with van der Waals surface area (Å²) < 4.78 is 26.4. The number of fused-ring (bicyclic) bond motifs is 1. The molecule has 1 aliphatic heterocycles. The molecule has 1 aromatic carbocycles. The maximum atomic E-state index is 13.2. The fraction of sp³-hybridized carbons (Fsp3) is 0.400. The van der Waals surface area contributed by atoms with Crippen molar-refractivity contribution in [2.24, 2.45) is 0 Å². The smallest absolute Gasteiger partial charge is 0.257 e. The summed E-state index contributed by atoms with van der Waals surface area (Å²) in [7, 11) is 0. The molecule has 21 heavy (non-hydrogen) atoms. The predicted octanol–water partition coefficient (Wildman–Crippen LogP) is 3.96. The lowest BCUT2D eigenvalue weighted by atomic mass is 10.0. The molecule has 0 atom stereocenters. The molecule has 0 amide bonds. The molecule has 1 aliphatic rings. The quantitative estimate of drug-likeness (QED) is 0.930. The van der Waals surface area contributed by atoms with E-state index in [4.69, 9.17) is 11.6 Å². The lowest BCUT2D eigenvalue weighted by molar-refractivity contribution is -0.0114. The Hall–Kier alpha value is -1.46. The molecule has 0 fully saturated rings. The van der Waals surface area contributed by atoms with Crippen molar-refractivity contribution in [2.45, 2.75) is 19.3 Å². The van der Waals surface area contributed by atoms with Crippen LogP contribution in [0.3, 0.4) is 0 Å². The third-order valence-electron chi connectivity index (χ3n) is 3.59. The number of rotatable bonds is 3. The average molecular weight is 312 g/mol. The SMILES string of the molecule is CC(F)(F)CN1CCC=C(c2[nH]nc3c(Cl)cccc23)C1. The third kappa shape index (κ3) is 3.09. The van der Waals surface area contributed by atoms with Crippen molar-refractivity contribution >= 4 is 28.1 Å². The molecule has 0 saturated carbocycles. The molecule has 0 unspecified atom stereocenters. The summed E-state index contributed by atoms with van der Waals surface area (Å²) in [6.45, 7) is 1.88. The van der Waals surface area contributed by atoms with Gasteiger partial charge in [0.2, 0.25) is 0 Å². The molecular formula is C15H16ClF2N3. The van der Waals surface area contributed by atoms with E-state index in [9.17, 15) is 8.78 Å². The number of alkyl halides is 2. The van der Waals surface area contributed by atoms with E-state index in [-0.39, 0.29) is 6.54 Å². The minimum absolute atomic E-state index is 0.225. The van der Waals surface area contributed by atoms with Crippen molar-refractivity contribution in [1.82, 2.24) is 15.1 Å². The molecule has 0 bridgehead atoms. The second-order valence-corrected chi connectivity index (χ2v) is 5.94. The van der Waals surface area contributed by atoms with Gasteiger partial charge < -0.3 is 0 Å². The maximum Gasteiger partial charge on any atom is 0.257 e. The first-order valence-corrected chi connectivity index (χ1v) is 7.24. The number of para-hydroxylation sites is 1. The highest BCUT2D eigenvalue weighted by Gasteiger charge is 2.27. The number of halogens is 3. The van der Waals surface area contributed by atoms with E-state index in [1.54, 1.807) is 11.0 Å². The summed E-state index contributed by atoms with van der Waals surface area (Å²) in [5.41, 5.74) is 2.58. The molecule has 0 aliphatic carbocycles. The van der Waals surface area contributed by atoms with Gasteiger partial charge in [0.1, 0.15) is 5.52 Å². The highest BCUT2D eigenvalue weighted by molar-refractivity contribution is 6.35. The van der Waals surface area contributed by atoms with Crippen LogP contribution in [-0.2, 0) is 0 Å². The molecule has 6 heteroatoms. The number of aromatic nitrogens is 2. The van der Waals surface area contributed by atoms with Gasteiger partial charge in [0.25, 0.3) is 5.92 Å². The van der Waals surface area contributed by atoms with Gasteiger partial charge in [-0.25, -0.2) is 8.78 Å². The first kappa shape index (κ1) is 14.5. The number of nitrogens with zero attached hydrogens (tertiary/aromatic N) is 2. The number of hydrogen-bond acceptors (Lipinski definition) is 2. The summed E-state index contributed by atoms with van der Waals surface area (Å²) in [6, 6.07) is 5.59. The highest BCUT2D eigenvalue weighted by Crippen LogP contribution is 2.30. The zero-order chi connectivity index (χ0) is 15.0. The van der Waals surface area contributed by atoms with Crippen molar-refractivity contribution in [1.29, 1.82) is 0 Å². The van der Waals surface area contributed by atoms with Crippen molar-refractivity contribution in [3.05, 3.63) is 35.0 Å². The fourth-order valence-electron chi connectivity index (χ4n) is 2.76. The summed E-state index contributed by atoms with van der Waals surface area (Å²) in [5.74, 6) is -2.68. The Morgan fingerprint density at radius 3 is 3.00 bits per heavy atom. The van der Waals surface area contributed by atoms with E-state index in [1.165, 1.54) is 0 Å². The Labute approximate surface area is 126 Å². The van der Waals surface area contributed by atoms with Gasteiger partial charge in [-0.3, -0.25) is 10.00 Å². The molecule has 2 aromatic rings. The van der Waals surface area contributed by atoms with Crippen LogP contribution in [0.15, 0.2) is 24.3 Å². The van der Waals surface area contributed by atoms with Gasteiger partial charge in [-0.15, -0.1) is 0 Å². The second kappa shape index (κ2) is 5.39. The fourth-order valence-corrected chi connectivity index (χ4v) is 2.98. The molecule has 112 valence electrons. The van der Waals surface area contributed by atoms with Crippen LogP contribution in [0.2, 0.25) is 5.02 Å². The van der Waals surface area contributed by atoms with Gasteiger partial charge in [-0.1, -0.05) is 29.8 Å². The van der Waals surface area contributed by atoms with Crippen LogP contribution in [-0.4, -0.2) is 40.7 Å². The van der Waals surface area contributed by atoms with Gasteiger partial charge in [-0.2, -0.15) is 5.10 Å². The molecule has 1 N–H and O–H groups in total. The molecular weight excluding hydrogens is 296 g/mol. The Morgan fingerprint density at radius 1 is 1.43 bits per heavy atom. The number of H-pyrrole nitrogens is 1. The zero-order valence-electron chi connectivity index (χ0n) is 11.7. The van der Waals surface area contributed by atoms with Crippen LogP contribution >= 0.6 is 11.6 Å². The topological polar surface area (TPSA) is 31.9 Å². The standard InChI is InChI=1S/C15H16ClF2N3/c1-15(17,18)9-21-7-3-4-10(8-21)13-11-5-2-6-12(16)14(11)20-19-13/h2,4-6H,3,7-9H2,1H3,(H,19,20). The van der Waals surface area contributed by atoms with E-state index >= 15 is 0 Å². The van der Waals surface area contributed by atoms with Crippen molar-refractivity contribution in [3.63, 3.8) is 0 Å². The van der Waals surface area contributed by atoms with Crippen molar-refractivity contribution in [2.75, 3.05) is 19.6 Å². The normalized spacial score (nSPS) is 17.2. The number of aromatic amines is 1. The maximum absolute atomic E-state index is 13.2. The largest absolute Gasteiger partial charge is 0.293 e. The second-order valence-electron chi connectivity index (χ2n) is 5.53. The van der Waals surface area contributed by atoms with Crippen LogP contribution in [0.1, 0.15) is 19.0 Å². The van der Waals surface area contributed by atoms with E-state index in [2.05, 4.69) is 16.3 Å². The Bertz CT molecular complexity index is 688. The first-order chi connectivity index (χ1) is 9.94. The van der Waals surface area contributed by atoms with Crippen LogP contribution in [0.5, 0.6) is 0 Å². The predicted molar refractivity (Wildman–Crippen MR) is 80.8 cm³/mol. The zero-order valence-corrected chi connectivity index (χ0v) is 12.4. The van der Waals surface area contributed by atoms with Crippen LogP contribution < -0.4 is 0 Å². The third-order valence-corrected chi connectivity index (χ3v) is 3.89. The monoisotopic (exact) mass is 311 g/mol. The lowest BCUT2D eigenvalue weighted by Crippen LogP contribution is -2.38. The van der Waals surface area contributed by atoms with Gasteiger partial charge in [-0.05, 0) is 18.1 Å². The van der Waals surface area contributed by atoms with E-state index in [0.717, 1.165) is 30.0 Å². The summed E-state index contributed by atoms with van der Waals surface area (Å²) in [6.07, 6.45) is 2.84. The molecule has 0 radical (unpaired) electrons. The van der Waals surface area contributed by atoms with Crippen molar-refractivity contribution < 1.29 is 8.78 Å². The van der Waals surface area contributed by atoms with Crippen LogP contribution in [0, 0.1) is 0 Å². The molecule has 1 aromatic heterocycles. The lowest BCUT2D eigenvalue weighted by Gasteiger charge is -2.29. The number of nitrogens with one attached hydrogen (secondary N) is 1. The summed E-state index contributed by atoms with van der Waals surface area (Å²) in [4.78, 5) is 1.77. The van der Waals surface area contributed by atoms with Gasteiger partial charge in [0, 0.05) is 25.4 Å². The van der Waals surface area contributed by atoms with E-state index < -0.39 is 5.92 Å². The Morgan fingerprint density at radius 2 is 2.24 bits per heavy atom. The number of hydrogen-bond donors (Lipinski definition) is 1. The van der Waals surface area contributed by atoms with Crippen LogP contribution in [0.25, 0.3) is 16.5 Å². The molecule has 0 saturated heterocycles. The van der Waals surface area contributed by atoms with E-state index in [0.29, 0.717) is 23.6 Å². The molecule has 0 spiro atoms. The molecule has 3 rings (SSSR count). The van der Waals surface area contributed by atoms with Crippen LogP contribution in [0.4, 0.5) is 8.78 Å². The average Bonchev–Trinajstić information content (AvgIpc) is 2.82. The minimum atomic E-state index is -2.68. The molecule has 2 heterocycles. The van der Waals surface area contributed by atoms with Crippen molar-refractivity contribution in [3.8, 4) is 0 Å². The summed E-state index contributed by atoms with van der Waals surface area (Å²) in [5, 5.41) is 8.74. The van der Waals surface area contributed by atoms with Gasteiger partial charge >= 0.3 is 0 Å².